The van der Waals surface area contributed by atoms with Gasteiger partial charge < -0.3 is 15.4 Å². The lowest BCUT2D eigenvalue weighted by Crippen LogP contribution is -2.48. The minimum absolute atomic E-state index is 0. The van der Waals surface area contributed by atoms with Crippen LogP contribution in [0, 0.1) is 6.92 Å². The molecule has 1 saturated heterocycles. The van der Waals surface area contributed by atoms with Crippen LogP contribution in [0.2, 0.25) is 0 Å². The summed E-state index contributed by atoms with van der Waals surface area (Å²) in [6.45, 7) is 3.70. The third kappa shape index (κ3) is 3.96. The number of aromatic nitrogens is 1. The molecule has 0 spiro atoms. The minimum atomic E-state index is -0.268. The van der Waals surface area contributed by atoms with E-state index < -0.39 is 0 Å². The number of hydrogen-bond acceptors (Lipinski definition) is 4. The van der Waals surface area contributed by atoms with Crippen molar-refractivity contribution in [3.63, 3.8) is 0 Å². The molecule has 5 nitrogen and oxygen atoms in total. The Hall–Kier alpha value is -1.17. The molecule has 1 fully saturated rings. The molecule has 0 radical (unpaired) electrons. The van der Waals surface area contributed by atoms with E-state index in [1.165, 1.54) is 0 Å². The first-order valence-corrected chi connectivity index (χ1v) is 5.30. The molecule has 1 unspecified atom stereocenters. The molecule has 0 saturated carbocycles. The topological polar surface area (TPSA) is 63.2 Å². The van der Waals surface area contributed by atoms with Crippen molar-refractivity contribution in [1.82, 2.24) is 10.3 Å². The second-order valence-corrected chi connectivity index (χ2v) is 3.76. The number of rotatable bonds is 2. The molecule has 0 bridgehead atoms. The van der Waals surface area contributed by atoms with Crippen LogP contribution in [0.5, 0.6) is 0 Å². The van der Waals surface area contributed by atoms with E-state index >= 15 is 0 Å². The smallest absolute Gasteiger partial charge is 0.243 e. The summed E-state index contributed by atoms with van der Waals surface area (Å²) in [5.74, 6) is -0.0784. The van der Waals surface area contributed by atoms with Crippen molar-refractivity contribution < 1.29 is 9.53 Å². The van der Waals surface area contributed by atoms with Crippen LogP contribution in [0.1, 0.15) is 5.69 Å². The first-order chi connectivity index (χ1) is 7.75. The molecule has 94 valence electrons. The van der Waals surface area contributed by atoms with E-state index in [4.69, 9.17) is 4.74 Å². The monoisotopic (exact) mass is 257 g/mol. The van der Waals surface area contributed by atoms with Gasteiger partial charge in [-0.2, -0.15) is 0 Å². The van der Waals surface area contributed by atoms with Crippen LogP contribution in [0.3, 0.4) is 0 Å². The highest BCUT2D eigenvalue weighted by Crippen LogP contribution is 2.06. The van der Waals surface area contributed by atoms with E-state index in [9.17, 15) is 4.79 Å². The molecular weight excluding hydrogens is 242 g/mol. The van der Waals surface area contributed by atoms with Crippen LogP contribution in [0.25, 0.3) is 0 Å². The van der Waals surface area contributed by atoms with Crippen LogP contribution in [-0.2, 0) is 9.53 Å². The molecule has 0 aliphatic carbocycles. The first kappa shape index (κ1) is 13.9. The van der Waals surface area contributed by atoms with Gasteiger partial charge in [-0.25, -0.2) is 0 Å². The summed E-state index contributed by atoms with van der Waals surface area (Å²) in [7, 11) is 0. The van der Waals surface area contributed by atoms with Gasteiger partial charge in [-0.05, 0) is 19.1 Å². The van der Waals surface area contributed by atoms with Crippen molar-refractivity contribution in [2.45, 2.75) is 13.0 Å². The highest BCUT2D eigenvalue weighted by Gasteiger charge is 2.20. The molecule has 1 aliphatic rings. The average molecular weight is 258 g/mol. The van der Waals surface area contributed by atoms with Crippen LogP contribution >= 0.6 is 12.4 Å². The number of pyridine rings is 1. The van der Waals surface area contributed by atoms with Crippen molar-refractivity contribution in [3.8, 4) is 0 Å². The van der Waals surface area contributed by atoms with Crippen molar-refractivity contribution in [2.24, 2.45) is 0 Å². The van der Waals surface area contributed by atoms with Gasteiger partial charge in [-0.1, -0.05) is 0 Å². The van der Waals surface area contributed by atoms with Crippen molar-refractivity contribution in [3.05, 3.63) is 24.0 Å². The Kier molecular flexibility index (Phi) is 5.34. The second kappa shape index (κ2) is 6.54. The summed E-state index contributed by atoms with van der Waals surface area (Å²) < 4.78 is 5.22. The Bertz CT molecular complexity index is 363. The Morgan fingerprint density at radius 3 is 3.00 bits per heavy atom. The number of aryl methyl sites for hydroxylation is 1. The highest BCUT2D eigenvalue weighted by molar-refractivity contribution is 5.94. The van der Waals surface area contributed by atoms with Crippen molar-refractivity contribution in [1.29, 1.82) is 0 Å². The number of morpholine rings is 1. The molecule has 2 heterocycles. The Morgan fingerprint density at radius 1 is 1.59 bits per heavy atom. The maximum atomic E-state index is 11.8. The predicted molar refractivity (Wildman–Crippen MR) is 67.5 cm³/mol. The lowest BCUT2D eigenvalue weighted by atomic mass is 10.2. The summed E-state index contributed by atoms with van der Waals surface area (Å²) in [6.07, 6.45) is 1.65. The van der Waals surface area contributed by atoms with E-state index in [0.717, 1.165) is 5.69 Å². The third-order valence-corrected chi connectivity index (χ3v) is 2.42. The molecule has 1 aromatic rings. The van der Waals surface area contributed by atoms with E-state index in [0.29, 0.717) is 25.4 Å². The number of nitrogens with one attached hydrogen (secondary N) is 2. The van der Waals surface area contributed by atoms with Crippen LogP contribution in [0.15, 0.2) is 18.3 Å². The number of halogens is 1. The molecular formula is C11H16ClN3O2. The Labute approximate surface area is 106 Å². The normalized spacial score (nSPS) is 19.2. The zero-order valence-corrected chi connectivity index (χ0v) is 10.4. The van der Waals surface area contributed by atoms with Crippen LogP contribution in [-0.4, -0.2) is 36.7 Å². The van der Waals surface area contributed by atoms with Gasteiger partial charge in [-0.15, -0.1) is 12.4 Å². The Balaban J connectivity index is 0.00000144. The van der Waals surface area contributed by atoms with Crippen molar-refractivity contribution in [2.75, 3.05) is 25.1 Å². The summed E-state index contributed by atoms with van der Waals surface area (Å²) in [4.78, 5) is 15.9. The fraction of sp³-hybridized carbons (Fsp3) is 0.455. The highest BCUT2D eigenvalue weighted by atomic mass is 35.5. The third-order valence-electron chi connectivity index (χ3n) is 2.42. The first-order valence-electron chi connectivity index (χ1n) is 5.30. The van der Waals surface area contributed by atoms with Gasteiger partial charge >= 0.3 is 0 Å². The molecule has 6 heteroatoms. The molecule has 2 N–H and O–H groups in total. The SMILES string of the molecule is Cc1ccc(NC(=O)C2COCCN2)cn1.Cl. The number of carbonyl (C=O) groups excluding carboxylic acids is 1. The standard InChI is InChI=1S/C11H15N3O2.ClH/c1-8-2-3-9(6-13-8)14-11(15)10-7-16-5-4-12-10;/h2-3,6,10,12H,4-5,7H2,1H3,(H,14,15);1H. The summed E-state index contributed by atoms with van der Waals surface area (Å²) >= 11 is 0. The van der Waals surface area contributed by atoms with Crippen molar-refractivity contribution >= 4 is 24.0 Å². The van der Waals surface area contributed by atoms with Crippen LogP contribution < -0.4 is 10.6 Å². The zero-order valence-electron chi connectivity index (χ0n) is 9.60. The van der Waals surface area contributed by atoms with Gasteiger partial charge in [0.05, 0.1) is 25.1 Å². The maximum absolute atomic E-state index is 11.8. The quantitative estimate of drug-likeness (QED) is 0.820. The molecule has 2 rings (SSSR count). The largest absolute Gasteiger partial charge is 0.378 e. The number of carbonyl (C=O) groups is 1. The fourth-order valence-electron chi connectivity index (χ4n) is 1.50. The van der Waals surface area contributed by atoms with Gasteiger partial charge in [-0.3, -0.25) is 9.78 Å². The van der Waals surface area contributed by atoms with Gasteiger partial charge in [0.1, 0.15) is 6.04 Å². The molecule has 1 amide bonds. The van der Waals surface area contributed by atoms with Gasteiger partial charge in [0.25, 0.3) is 0 Å². The number of nitrogens with zero attached hydrogens (tertiary/aromatic N) is 1. The molecule has 0 aromatic carbocycles. The predicted octanol–water partition coefficient (Wildman–Crippen LogP) is 0.739. The lowest BCUT2D eigenvalue weighted by molar-refractivity contribution is -0.120. The number of hydrogen-bond donors (Lipinski definition) is 2. The second-order valence-electron chi connectivity index (χ2n) is 3.76. The fourth-order valence-corrected chi connectivity index (χ4v) is 1.50. The molecule has 1 atom stereocenters. The minimum Gasteiger partial charge on any atom is -0.378 e. The molecule has 1 aliphatic heterocycles. The number of amides is 1. The zero-order chi connectivity index (χ0) is 11.4. The number of ether oxygens (including phenoxy) is 1. The van der Waals surface area contributed by atoms with Gasteiger partial charge in [0.15, 0.2) is 0 Å². The van der Waals surface area contributed by atoms with E-state index in [1.807, 2.05) is 19.1 Å². The van der Waals surface area contributed by atoms with E-state index in [1.54, 1.807) is 6.20 Å². The average Bonchev–Trinajstić information content (AvgIpc) is 2.33. The van der Waals surface area contributed by atoms with Crippen LogP contribution in [0.4, 0.5) is 5.69 Å². The van der Waals surface area contributed by atoms with Gasteiger partial charge in [0.2, 0.25) is 5.91 Å². The van der Waals surface area contributed by atoms with E-state index in [2.05, 4.69) is 15.6 Å². The lowest BCUT2D eigenvalue weighted by Gasteiger charge is -2.22. The molecule has 17 heavy (non-hydrogen) atoms. The summed E-state index contributed by atoms with van der Waals surface area (Å²) in [5, 5.41) is 5.89. The number of anilines is 1. The molecule has 1 aromatic heterocycles. The summed E-state index contributed by atoms with van der Waals surface area (Å²) in [5.41, 5.74) is 1.64. The maximum Gasteiger partial charge on any atom is 0.243 e. The Morgan fingerprint density at radius 2 is 2.41 bits per heavy atom. The van der Waals surface area contributed by atoms with Gasteiger partial charge in [0, 0.05) is 12.2 Å². The van der Waals surface area contributed by atoms with E-state index in [-0.39, 0.29) is 24.4 Å². The summed E-state index contributed by atoms with van der Waals surface area (Å²) in [6, 6.07) is 3.43.